The molecule has 8 heteroatoms. The van der Waals surface area contributed by atoms with Crippen molar-refractivity contribution in [3.8, 4) is 5.75 Å². The molecular weight excluding hydrogens is 357 g/mol. The number of hydrogen-bond acceptors (Lipinski definition) is 3. The highest BCUT2D eigenvalue weighted by Gasteiger charge is 2.34. The van der Waals surface area contributed by atoms with E-state index in [0.717, 1.165) is 25.5 Å². The Morgan fingerprint density at radius 1 is 1.40 bits per heavy atom. The van der Waals surface area contributed by atoms with Crippen molar-refractivity contribution < 1.29 is 22.7 Å². The van der Waals surface area contributed by atoms with Crippen LogP contribution in [0.15, 0.2) is 18.2 Å². The average molecular weight is 381 g/mol. The van der Waals surface area contributed by atoms with Crippen LogP contribution in [0.3, 0.4) is 0 Å². The molecule has 1 heterocycles. The first-order chi connectivity index (χ1) is 11.3. The highest BCUT2D eigenvalue weighted by molar-refractivity contribution is 5.85. The summed E-state index contributed by atoms with van der Waals surface area (Å²) in [7, 11) is 0. The van der Waals surface area contributed by atoms with Gasteiger partial charge in [0.25, 0.3) is 0 Å². The minimum atomic E-state index is -4.50. The molecule has 0 radical (unpaired) electrons. The van der Waals surface area contributed by atoms with E-state index in [1.54, 1.807) is 13.8 Å². The lowest BCUT2D eigenvalue weighted by atomic mass is 9.98. The number of piperidine rings is 1. The van der Waals surface area contributed by atoms with Gasteiger partial charge in [-0.15, -0.1) is 12.4 Å². The van der Waals surface area contributed by atoms with Gasteiger partial charge in [-0.05, 0) is 50.9 Å². The van der Waals surface area contributed by atoms with Crippen LogP contribution >= 0.6 is 12.4 Å². The molecule has 0 aromatic heterocycles. The number of carbonyl (C=O) groups excluding carboxylic acids is 1. The Morgan fingerprint density at radius 3 is 2.68 bits per heavy atom. The maximum atomic E-state index is 13.3. The average Bonchev–Trinajstić information content (AvgIpc) is 2.52. The molecule has 1 aromatic rings. The van der Waals surface area contributed by atoms with E-state index in [9.17, 15) is 18.0 Å². The number of halogens is 4. The minimum absolute atomic E-state index is 0. The summed E-state index contributed by atoms with van der Waals surface area (Å²) >= 11 is 0. The largest absolute Gasteiger partial charge is 0.491 e. The molecule has 1 atom stereocenters. The quantitative estimate of drug-likeness (QED) is 0.821. The summed E-state index contributed by atoms with van der Waals surface area (Å²) in [5.74, 6) is -0.224. The fraction of sp³-hybridized carbons (Fsp3) is 0.588. The lowest BCUT2D eigenvalue weighted by Crippen LogP contribution is -2.40. The fourth-order valence-corrected chi connectivity index (χ4v) is 2.72. The second kappa shape index (κ2) is 9.29. The van der Waals surface area contributed by atoms with Crippen LogP contribution in [-0.2, 0) is 17.5 Å². The molecule has 1 aromatic carbocycles. The highest BCUT2D eigenvalue weighted by Crippen LogP contribution is 2.34. The van der Waals surface area contributed by atoms with Crippen LogP contribution < -0.4 is 15.4 Å². The Bertz CT molecular complexity index is 574. The number of benzene rings is 1. The molecule has 2 rings (SSSR count). The Labute approximate surface area is 151 Å². The summed E-state index contributed by atoms with van der Waals surface area (Å²) in [5, 5.41) is 5.74. The zero-order valence-electron chi connectivity index (χ0n) is 14.3. The summed E-state index contributed by atoms with van der Waals surface area (Å²) < 4.78 is 45.1. The van der Waals surface area contributed by atoms with E-state index in [2.05, 4.69) is 10.6 Å². The zero-order valence-corrected chi connectivity index (χ0v) is 15.1. The van der Waals surface area contributed by atoms with Crippen molar-refractivity contribution in [2.24, 2.45) is 5.92 Å². The minimum Gasteiger partial charge on any atom is -0.491 e. The Hall–Kier alpha value is -1.47. The summed E-state index contributed by atoms with van der Waals surface area (Å²) in [6.45, 7) is 4.80. The van der Waals surface area contributed by atoms with Crippen LogP contribution in [0.25, 0.3) is 0 Å². The third-order valence-corrected chi connectivity index (χ3v) is 3.88. The smallest absolute Gasteiger partial charge is 0.416 e. The number of carbonyl (C=O) groups is 1. The van der Waals surface area contributed by atoms with E-state index in [1.165, 1.54) is 12.1 Å². The van der Waals surface area contributed by atoms with E-state index >= 15 is 0 Å². The van der Waals surface area contributed by atoms with Crippen molar-refractivity contribution in [2.45, 2.75) is 45.5 Å². The molecule has 142 valence electrons. The number of nitrogens with one attached hydrogen (secondary N) is 2. The van der Waals surface area contributed by atoms with Crippen LogP contribution in [0.1, 0.15) is 37.8 Å². The summed E-state index contributed by atoms with van der Waals surface area (Å²) in [5.41, 5.74) is -0.738. The van der Waals surface area contributed by atoms with Crippen LogP contribution in [0.5, 0.6) is 5.75 Å². The first kappa shape index (κ1) is 21.6. The van der Waals surface area contributed by atoms with Gasteiger partial charge in [-0.2, -0.15) is 13.2 Å². The van der Waals surface area contributed by atoms with Gasteiger partial charge in [0.1, 0.15) is 5.75 Å². The van der Waals surface area contributed by atoms with Gasteiger partial charge in [0.15, 0.2) is 0 Å². The van der Waals surface area contributed by atoms with E-state index < -0.39 is 11.7 Å². The molecule has 2 N–H and O–H groups in total. The van der Waals surface area contributed by atoms with Crippen molar-refractivity contribution >= 4 is 18.3 Å². The van der Waals surface area contributed by atoms with E-state index in [0.29, 0.717) is 6.54 Å². The Kier molecular flexibility index (Phi) is 8.02. The number of hydrogen-bond donors (Lipinski definition) is 2. The molecule has 4 nitrogen and oxygen atoms in total. The normalized spacial score (nSPS) is 17.8. The predicted octanol–water partition coefficient (Wildman–Crippen LogP) is 3.53. The number of alkyl halides is 3. The molecule has 0 bridgehead atoms. The standard InChI is InChI=1S/C17H23F3N2O2.ClH/c1-11(2)24-14-6-5-12(15(8-14)17(18,19)20)10-22-16(23)13-4-3-7-21-9-13;/h5-6,8,11,13,21H,3-4,7,9-10H2,1-2H3,(H,22,23);1H. The molecule has 0 spiro atoms. The van der Waals surface area contributed by atoms with Gasteiger partial charge in [-0.3, -0.25) is 4.79 Å². The lowest BCUT2D eigenvalue weighted by molar-refractivity contribution is -0.138. The summed E-state index contributed by atoms with van der Waals surface area (Å²) in [6, 6.07) is 3.85. The molecule has 1 unspecified atom stereocenters. The van der Waals surface area contributed by atoms with Crippen molar-refractivity contribution in [2.75, 3.05) is 13.1 Å². The fourth-order valence-electron chi connectivity index (χ4n) is 2.72. The third kappa shape index (κ3) is 6.40. The highest BCUT2D eigenvalue weighted by atomic mass is 35.5. The van der Waals surface area contributed by atoms with Crippen LogP contribution in [0.4, 0.5) is 13.2 Å². The van der Waals surface area contributed by atoms with Gasteiger partial charge in [0.2, 0.25) is 5.91 Å². The Morgan fingerprint density at radius 2 is 2.12 bits per heavy atom. The summed E-state index contributed by atoms with van der Waals surface area (Å²) in [6.07, 6.45) is -3.06. The first-order valence-corrected chi connectivity index (χ1v) is 8.12. The molecule has 0 saturated carbocycles. The van der Waals surface area contributed by atoms with Gasteiger partial charge in [-0.1, -0.05) is 6.07 Å². The monoisotopic (exact) mass is 380 g/mol. The van der Waals surface area contributed by atoms with Crippen molar-refractivity contribution in [3.05, 3.63) is 29.3 Å². The second-order valence-electron chi connectivity index (χ2n) is 6.24. The number of rotatable bonds is 5. The first-order valence-electron chi connectivity index (χ1n) is 8.12. The summed E-state index contributed by atoms with van der Waals surface area (Å²) in [4.78, 5) is 12.1. The number of amides is 1. The van der Waals surface area contributed by atoms with Crippen LogP contribution in [0.2, 0.25) is 0 Å². The molecule has 1 saturated heterocycles. The van der Waals surface area contributed by atoms with Gasteiger partial charge in [-0.25, -0.2) is 0 Å². The van der Waals surface area contributed by atoms with E-state index in [1.807, 2.05) is 0 Å². The molecule has 0 aliphatic carbocycles. The molecule has 25 heavy (non-hydrogen) atoms. The van der Waals surface area contributed by atoms with E-state index in [4.69, 9.17) is 4.74 Å². The zero-order chi connectivity index (χ0) is 17.7. The van der Waals surface area contributed by atoms with Gasteiger partial charge in [0, 0.05) is 13.1 Å². The lowest BCUT2D eigenvalue weighted by Gasteiger charge is -2.22. The molecule has 1 aliphatic rings. The van der Waals surface area contributed by atoms with Crippen molar-refractivity contribution in [1.29, 1.82) is 0 Å². The van der Waals surface area contributed by atoms with Gasteiger partial charge in [0.05, 0.1) is 17.6 Å². The third-order valence-electron chi connectivity index (χ3n) is 3.88. The van der Waals surface area contributed by atoms with Gasteiger partial charge < -0.3 is 15.4 Å². The molecule has 1 amide bonds. The van der Waals surface area contributed by atoms with Gasteiger partial charge >= 0.3 is 6.18 Å². The molecule has 1 fully saturated rings. The predicted molar refractivity (Wildman–Crippen MR) is 91.9 cm³/mol. The Balaban J connectivity index is 0.00000312. The maximum Gasteiger partial charge on any atom is 0.416 e. The number of ether oxygens (including phenoxy) is 1. The molecular formula is C17H24ClF3N2O2. The maximum absolute atomic E-state index is 13.3. The second-order valence-corrected chi connectivity index (χ2v) is 6.24. The topological polar surface area (TPSA) is 50.4 Å². The van der Waals surface area contributed by atoms with Crippen molar-refractivity contribution in [3.63, 3.8) is 0 Å². The van der Waals surface area contributed by atoms with Crippen molar-refractivity contribution in [1.82, 2.24) is 10.6 Å². The van der Waals surface area contributed by atoms with Crippen LogP contribution in [0, 0.1) is 5.92 Å². The SMILES string of the molecule is CC(C)Oc1ccc(CNC(=O)C2CCCNC2)c(C(F)(F)F)c1.Cl. The van der Waals surface area contributed by atoms with Crippen LogP contribution in [-0.4, -0.2) is 25.1 Å². The molecule has 1 aliphatic heterocycles. The van der Waals surface area contributed by atoms with E-state index in [-0.39, 0.29) is 48.2 Å².